The summed E-state index contributed by atoms with van der Waals surface area (Å²) >= 11 is 1.31. The van der Waals surface area contributed by atoms with E-state index < -0.39 is 6.04 Å². The average Bonchev–Trinajstić information content (AvgIpc) is 3.30. The Hall–Kier alpha value is -3.52. The van der Waals surface area contributed by atoms with Gasteiger partial charge in [-0.1, -0.05) is 47.5 Å². The fraction of sp³-hybridized carbons (Fsp3) is 0.333. The molecule has 3 rings (SSSR count). The summed E-state index contributed by atoms with van der Waals surface area (Å²) in [7, 11) is 0. The third-order valence-electron chi connectivity index (χ3n) is 5.46. The molecule has 1 aromatic heterocycles. The molecule has 3 amide bonds. The number of benzene rings is 2. The minimum atomic E-state index is -0.881. The van der Waals surface area contributed by atoms with Crippen molar-refractivity contribution in [3.05, 3.63) is 76.3 Å². The van der Waals surface area contributed by atoms with E-state index in [4.69, 9.17) is 0 Å². The normalized spacial score (nSPS) is 11.7. The van der Waals surface area contributed by atoms with E-state index in [0.717, 1.165) is 16.7 Å². The van der Waals surface area contributed by atoms with E-state index in [1.54, 1.807) is 11.6 Å². The number of nitrogens with one attached hydrogen (secondary N) is 2. The Morgan fingerprint density at radius 3 is 2.26 bits per heavy atom. The Bertz CT molecular complexity index is 1170. The largest absolute Gasteiger partial charge is 0.352 e. The van der Waals surface area contributed by atoms with E-state index in [1.165, 1.54) is 16.2 Å². The van der Waals surface area contributed by atoms with E-state index in [9.17, 15) is 14.4 Å². The summed E-state index contributed by atoms with van der Waals surface area (Å²) < 4.78 is 0. The zero-order valence-electron chi connectivity index (χ0n) is 20.8. The van der Waals surface area contributed by atoms with Crippen LogP contribution in [0.5, 0.6) is 0 Å². The maximum atomic E-state index is 13.7. The average molecular weight is 493 g/mol. The van der Waals surface area contributed by atoms with Gasteiger partial charge in [0.25, 0.3) is 0 Å². The van der Waals surface area contributed by atoms with Crippen LogP contribution in [-0.4, -0.2) is 28.7 Å². The van der Waals surface area contributed by atoms with Gasteiger partial charge in [0, 0.05) is 36.1 Å². The van der Waals surface area contributed by atoms with Gasteiger partial charge in [0.1, 0.15) is 6.04 Å². The number of thiazole rings is 1. The molecule has 35 heavy (non-hydrogen) atoms. The highest BCUT2D eigenvalue weighted by molar-refractivity contribution is 7.13. The molecule has 2 aromatic carbocycles. The maximum absolute atomic E-state index is 13.7. The molecule has 7 nitrogen and oxygen atoms in total. The smallest absolute Gasteiger partial charge is 0.248 e. The molecule has 1 heterocycles. The van der Waals surface area contributed by atoms with Crippen molar-refractivity contribution in [3.8, 4) is 0 Å². The van der Waals surface area contributed by atoms with Gasteiger partial charge in [-0.05, 0) is 51.8 Å². The molecule has 184 valence electrons. The van der Waals surface area contributed by atoms with Gasteiger partial charge in [0.2, 0.25) is 17.7 Å². The molecular formula is C27H32N4O3S. The lowest BCUT2D eigenvalue weighted by Gasteiger charge is -2.33. The van der Waals surface area contributed by atoms with Crippen LogP contribution in [0.2, 0.25) is 0 Å². The van der Waals surface area contributed by atoms with Crippen LogP contribution in [0.1, 0.15) is 55.0 Å². The third-order valence-corrected chi connectivity index (χ3v) is 6.14. The van der Waals surface area contributed by atoms with Crippen LogP contribution < -0.4 is 15.5 Å². The standard InChI is InChI=1S/C27H32N4O3S/c1-17(2)29-26(34)25(21-9-6-18(3)7-10-21)31(22-11-8-19(4)16-20(22)5)24(33)13-12-23(32)30-27-28-14-15-35-27/h6-11,14-17,25H,12-13H2,1-5H3,(H,29,34)(H,28,30,32)/t25-/m0/s1. The Balaban J connectivity index is 1.98. The lowest BCUT2D eigenvalue weighted by molar-refractivity contribution is -0.127. The van der Waals surface area contributed by atoms with Crippen molar-refractivity contribution in [2.24, 2.45) is 0 Å². The van der Waals surface area contributed by atoms with Gasteiger partial charge in [-0.2, -0.15) is 0 Å². The van der Waals surface area contributed by atoms with Crippen molar-refractivity contribution in [1.82, 2.24) is 10.3 Å². The van der Waals surface area contributed by atoms with Crippen molar-refractivity contribution in [3.63, 3.8) is 0 Å². The first-order valence-electron chi connectivity index (χ1n) is 11.6. The number of hydrogen-bond donors (Lipinski definition) is 2. The first kappa shape index (κ1) is 26.1. The fourth-order valence-electron chi connectivity index (χ4n) is 3.83. The number of aryl methyl sites for hydroxylation is 3. The molecule has 2 N–H and O–H groups in total. The second-order valence-electron chi connectivity index (χ2n) is 8.92. The maximum Gasteiger partial charge on any atom is 0.248 e. The summed E-state index contributed by atoms with van der Waals surface area (Å²) in [6.45, 7) is 9.65. The van der Waals surface area contributed by atoms with E-state index in [-0.39, 0.29) is 36.6 Å². The lowest BCUT2D eigenvalue weighted by atomic mass is 9.99. The van der Waals surface area contributed by atoms with Crippen molar-refractivity contribution >= 4 is 39.9 Å². The van der Waals surface area contributed by atoms with Gasteiger partial charge in [0.05, 0.1) is 0 Å². The summed E-state index contributed by atoms with van der Waals surface area (Å²) in [6.07, 6.45) is 1.53. The first-order chi connectivity index (χ1) is 16.7. The highest BCUT2D eigenvalue weighted by Gasteiger charge is 2.34. The van der Waals surface area contributed by atoms with Crippen molar-refractivity contribution in [2.45, 2.75) is 59.5 Å². The predicted molar refractivity (Wildman–Crippen MR) is 141 cm³/mol. The summed E-state index contributed by atoms with van der Waals surface area (Å²) in [6, 6.07) is 12.4. The molecule has 0 saturated heterocycles. The van der Waals surface area contributed by atoms with Gasteiger partial charge in [-0.25, -0.2) is 4.98 Å². The number of carbonyl (C=O) groups excluding carboxylic acids is 3. The molecule has 0 fully saturated rings. The van der Waals surface area contributed by atoms with E-state index in [1.807, 2.05) is 77.1 Å². The van der Waals surface area contributed by atoms with E-state index in [0.29, 0.717) is 16.4 Å². The SMILES string of the molecule is Cc1ccc([C@@H](C(=O)NC(C)C)N(C(=O)CCC(=O)Nc2nccs2)c2ccc(C)cc2C)cc1. The van der Waals surface area contributed by atoms with Crippen LogP contribution in [0.4, 0.5) is 10.8 Å². The predicted octanol–water partition coefficient (Wildman–Crippen LogP) is 5.09. The van der Waals surface area contributed by atoms with Crippen LogP contribution in [0.25, 0.3) is 0 Å². The van der Waals surface area contributed by atoms with Gasteiger partial charge >= 0.3 is 0 Å². The van der Waals surface area contributed by atoms with Crippen molar-refractivity contribution in [1.29, 1.82) is 0 Å². The summed E-state index contributed by atoms with van der Waals surface area (Å²) in [4.78, 5) is 45.2. The minimum Gasteiger partial charge on any atom is -0.352 e. The molecule has 0 radical (unpaired) electrons. The number of rotatable bonds is 9. The molecule has 0 bridgehead atoms. The third kappa shape index (κ3) is 6.99. The Morgan fingerprint density at radius 1 is 0.971 bits per heavy atom. The highest BCUT2D eigenvalue weighted by atomic mass is 32.1. The summed E-state index contributed by atoms with van der Waals surface area (Å²) in [5.74, 6) is -0.882. The number of amides is 3. The molecule has 3 aromatic rings. The van der Waals surface area contributed by atoms with Crippen LogP contribution in [0, 0.1) is 20.8 Å². The number of hydrogen-bond acceptors (Lipinski definition) is 5. The van der Waals surface area contributed by atoms with Gasteiger partial charge in [-0.3, -0.25) is 19.3 Å². The Kier molecular flexibility index (Phi) is 8.76. The monoisotopic (exact) mass is 492 g/mol. The van der Waals surface area contributed by atoms with Crippen molar-refractivity contribution < 1.29 is 14.4 Å². The summed E-state index contributed by atoms with van der Waals surface area (Å²) in [5.41, 5.74) is 4.33. The molecule has 0 unspecified atom stereocenters. The molecule has 0 aliphatic carbocycles. The second-order valence-corrected chi connectivity index (χ2v) is 9.81. The Morgan fingerprint density at radius 2 is 1.66 bits per heavy atom. The quantitative estimate of drug-likeness (QED) is 0.435. The zero-order chi connectivity index (χ0) is 25.5. The van der Waals surface area contributed by atoms with Gasteiger partial charge < -0.3 is 10.6 Å². The van der Waals surface area contributed by atoms with Gasteiger partial charge in [-0.15, -0.1) is 11.3 Å². The molecule has 1 atom stereocenters. The molecule has 0 saturated carbocycles. The highest BCUT2D eigenvalue weighted by Crippen LogP contribution is 2.32. The van der Waals surface area contributed by atoms with Crippen LogP contribution in [0.15, 0.2) is 54.0 Å². The fourth-order valence-corrected chi connectivity index (χ4v) is 4.38. The van der Waals surface area contributed by atoms with Crippen molar-refractivity contribution in [2.75, 3.05) is 10.2 Å². The van der Waals surface area contributed by atoms with Crippen LogP contribution in [-0.2, 0) is 14.4 Å². The lowest BCUT2D eigenvalue weighted by Crippen LogP contribution is -2.46. The first-order valence-corrected chi connectivity index (χ1v) is 12.5. The van der Waals surface area contributed by atoms with E-state index in [2.05, 4.69) is 15.6 Å². The van der Waals surface area contributed by atoms with Crippen LogP contribution >= 0.6 is 11.3 Å². The number of carbonyl (C=O) groups is 3. The molecule has 0 spiro atoms. The number of nitrogens with zero attached hydrogens (tertiary/aromatic N) is 2. The second kappa shape index (κ2) is 11.8. The molecule has 8 heteroatoms. The summed E-state index contributed by atoms with van der Waals surface area (Å²) in [5, 5.41) is 7.93. The Labute approximate surface area is 210 Å². The molecule has 0 aliphatic heterocycles. The minimum absolute atomic E-state index is 0.0216. The van der Waals surface area contributed by atoms with Gasteiger partial charge in [0.15, 0.2) is 5.13 Å². The molecule has 0 aliphatic rings. The zero-order valence-corrected chi connectivity index (χ0v) is 21.6. The number of aromatic nitrogens is 1. The number of anilines is 2. The topological polar surface area (TPSA) is 91.4 Å². The van der Waals surface area contributed by atoms with Crippen LogP contribution in [0.3, 0.4) is 0 Å². The molecular weight excluding hydrogens is 460 g/mol. The van der Waals surface area contributed by atoms with E-state index >= 15 is 0 Å².